The molecule has 1 heterocycles. The summed E-state index contributed by atoms with van der Waals surface area (Å²) < 4.78 is 10.5. The molecule has 1 amide bonds. The topological polar surface area (TPSA) is 99.9 Å². The number of hydrogen-bond acceptors (Lipinski definition) is 6. The summed E-state index contributed by atoms with van der Waals surface area (Å²) in [6.07, 6.45) is 0. The van der Waals surface area contributed by atoms with Gasteiger partial charge in [-0.15, -0.1) is 0 Å². The van der Waals surface area contributed by atoms with Crippen molar-refractivity contribution in [2.75, 3.05) is 20.8 Å². The normalized spacial score (nSPS) is 17.2. The van der Waals surface area contributed by atoms with Crippen LogP contribution in [0.4, 0.5) is 0 Å². The van der Waals surface area contributed by atoms with Gasteiger partial charge in [-0.05, 0) is 25.1 Å². The lowest BCUT2D eigenvalue weighted by molar-refractivity contribution is -0.128. The maximum absolute atomic E-state index is 12.2. The van der Waals surface area contributed by atoms with Gasteiger partial charge < -0.3 is 19.5 Å². The van der Waals surface area contributed by atoms with Crippen LogP contribution in [0, 0.1) is 11.3 Å². The Bertz CT molecular complexity index is 732. The van der Waals surface area contributed by atoms with Crippen LogP contribution < -0.4 is 9.47 Å². The minimum absolute atomic E-state index is 0.0585. The number of ketones is 1. The second-order valence-electron chi connectivity index (χ2n) is 4.92. The second kappa shape index (κ2) is 6.40. The van der Waals surface area contributed by atoms with Crippen molar-refractivity contribution in [3.8, 4) is 17.6 Å². The number of methoxy groups -OCH3 is 2. The zero-order valence-corrected chi connectivity index (χ0v) is 13.0. The van der Waals surface area contributed by atoms with Crippen LogP contribution in [0.15, 0.2) is 29.5 Å². The molecule has 0 saturated carbocycles. The van der Waals surface area contributed by atoms with Crippen LogP contribution in [-0.2, 0) is 9.59 Å². The highest BCUT2D eigenvalue weighted by molar-refractivity contribution is 6.08. The number of rotatable bonds is 5. The summed E-state index contributed by atoms with van der Waals surface area (Å²) in [7, 11) is 2.94. The van der Waals surface area contributed by atoms with E-state index in [2.05, 4.69) is 0 Å². The van der Waals surface area contributed by atoms with E-state index in [1.54, 1.807) is 18.2 Å². The molecule has 23 heavy (non-hydrogen) atoms. The Balaban J connectivity index is 2.68. The molecule has 120 valence electrons. The van der Waals surface area contributed by atoms with E-state index in [9.17, 15) is 14.7 Å². The zero-order valence-electron chi connectivity index (χ0n) is 13.0. The quantitative estimate of drug-likeness (QED) is 0.827. The molecule has 7 heteroatoms. The van der Waals surface area contributed by atoms with Crippen molar-refractivity contribution in [2.45, 2.75) is 13.0 Å². The van der Waals surface area contributed by atoms with Gasteiger partial charge in [-0.25, -0.2) is 0 Å². The maximum atomic E-state index is 12.2. The van der Waals surface area contributed by atoms with E-state index in [4.69, 9.17) is 14.7 Å². The summed E-state index contributed by atoms with van der Waals surface area (Å²) in [6, 6.07) is 5.89. The number of amides is 1. The van der Waals surface area contributed by atoms with E-state index >= 15 is 0 Å². The first kappa shape index (κ1) is 16.4. The number of carbonyl (C=O) groups is 2. The third kappa shape index (κ3) is 2.71. The molecule has 0 fully saturated rings. The van der Waals surface area contributed by atoms with E-state index in [0.29, 0.717) is 17.1 Å². The Hall–Kier alpha value is -3.01. The number of nitriles is 1. The Kier molecular flexibility index (Phi) is 4.55. The fourth-order valence-corrected chi connectivity index (χ4v) is 2.63. The van der Waals surface area contributed by atoms with Crippen LogP contribution in [0.2, 0.25) is 0 Å². The van der Waals surface area contributed by atoms with Gasteiger partial charge in [0.25, 0.3) is 5.91 Å². The minimum atomic E-state index is -0.898. The van der Waals surface area contributed by atoms with Crippen molar-refractivity contribution >= 4 is 11.7 Å². The number of Topliss-reactive ketones (excluding diaryl/α,β-unsaturated/α-hetero) is 1. The first-order valence-corrected chi connectivity index (χ1v) is 6.80. The number of benzene rings is 1. The van der Waals surface area contributed by atoms with Crippen LogP contribution in [0.25, 0.3) is 0 Å². The van der Waals surface area contributed by atoms with Gasteiger partial charge in [0.1, 0.15) is 18.0 Å². The molecule has 1 aromatic carbocycles. The highest BCUT2D eigenvalue weighted by Gasteiger charge is 2.43. The lowest BCUT2D eigenvalue weighted by Gasteiger charge is -2.25. The van der Waals surface area contributed by atoms with E-state index in [1.807, 2.05) is 6.07 Å². The molecule has 1 N–H and O–H groups in total. The summed E-state index contributed by atoms with van der Waals surface area (Å²) in [5.74, 6) is -0.931. The number of hydrogen-bond donors (Lipinski definition) is 1. The van der Waals surface area contributed by atoms with Gasteiger partial charge in [0, 0.05) is 5.56 Å². The summed E-state index contributed by atoms with van der Waals surface area (Å²) in [6.45, 7) is 0.985. The molecule has 1 aliphatic heterocycles. The molecule has 0 saturated heterocycles. The molecule has 0 radical (unpaired) electrons. The third-order valence-corrected chi connectivity index (χ3v) is 3.66. The average Bonchev–Trinajstić information content (AvgIpc) is 2.79. The van der Waals surface area contributed by atoms with Gasteiger partial charge in [0.05, 0.1) is 31.9 Å². The number of nitrogens with zero attached hydrogens (tertiary/aromatic N) is 2. The van der Waals surface area contributed by atoms with E-state index in [0.717, 1.165) is 4.90 Å². The summed E-state index contributed by atoms with van der Waals surface area (Å²) >= 11 is 0. The Labute approximate surface area is 133 Å². The van der Waals surface area contributed by atoms with Gasteiger partial charge in [-0.1, -0.05) is 0 Å². The van der Waals surface area contributed by atoms with E-state index in [-0.39, 0.29) is 12.1 Å². The molecule has 2 rings (SSSR count). The number of aliphatic hydroxyl groups excluding tert-OH is 1. The van der Waals surface area contributed by atoms with Crippen molar-refractivity contribution in [1.82, 2.24) is 4.90 Å². The van der Waals surface area contributed by atoms with Gasteiger partial charge in [-0.2, -0.15) is 5.26 Å². The number of carbonyl (C=O) groups excluding carboxylic acids is 2. The number of aliphatic hydroxyl groups is 1. The largest absolute Gasteiger partial charge is 0.503 e. The van der Waals surface area contributed by atoms with Crippen LogP contribution in [-0.4, -0.2) is 42.5 Å². The SMILES string of the molecule is COc1ccc(OC)c(C2C(C(C)=O)=C(O)C(=O)N2CC#N)c1. The fourth-order valence-electron chi connectivity index (χ4n) is 2.63. The smallest absolute Gasteiger partial charge is 0.290 e. The third-order valence-electron chi connectivity index (χ3n) is 3.66. The molecule has 1 aliphatic rings. The Morgan fingerprint density at radius 3 is 2.61 bits per heavy atom. The van der Waals surface area contributed by atoms with Crippen molar-refractivity contribution in [1.29, 1.82) is 5.26 Å². The predicted molar refractivity (Wildman–Crippen MR) is 79.9 cm³/mol. The average molecular weight is 316 g/mol. The number of ether oxygens (including phenoxy) is 2. The zero-order chi connectivity index (χ0) is 17.1. The van der Waals surface area contributed by atoms with Gasteiger partial charge in [0.15, 0.2) is 11.5 Å². The van der Waals surface area contributed by atoms with Crippen molar-refractivity contribution < 1.29 is 24.2 Å². The summed E-state index contributed by atoms with van der Waals surface area (Å²) in [5.41, 5.74) is 0.404. The molecule has 1 unspecified atom stereocenters. The summed E-state index contributed by atoms with van der Waals surface area (Å²) in [5, 5.41) is 19.0. The van der Waals surface area contributed by atoms with E-state index < -0.39 is 23.5 Å². The predicted octanol–water partition coefficient (Wildman–Crippen LogP) is 1.51. The van der Waals surface area contributed by atoms with Crippen molar-refractivity contribution in [3.63, 3.8) is 0 Å². The van der Waals surface area contributed by atoms with Crippen molar-refractivity contribution in [3.05, 3.63) is 35.1 Å². The fraction of sp³-hybridized carbons (Fsp3) is 0.312. The molecular weight excluding hydrogens is 300 g/mol. The molecular formula is C16H16N2O5. The Morgan fingerprint density at radius 1 is 1.39 bits per heavy atom. The lowest BCUT2D eigenvalue weighted by atomic mass is 9.95. The molecule has 0 bridgehead atoms. The van der Waals surface area contributed by atoms with Crippen LogP contribution in [0.3, 0.4) is 0 Å². The highest BCUT2D eigenvalue weighted by Crippen LogP contribution is 2.42. The lowest BCUT2D eigenvalue weighted by Crippen LogP contribution is -2.31. The maximum Gasteiger partial charge on any atom is 0.290 e. The molecule has 0 aliphatic carbocycles. The Morgan fingerprint density at radius 2 is 2.09 bits per heavy atom. The van der Waals surface area contributed by atoms with Crippen LogP contribution in [0.5, 0.6) is 11.5 Å². The standard InChI is InChI=1S/C16H16N2O5/c1-9(19)13-14(18(7-6-17)16(21)15(13)20)11-8-10(22-2)4-5-12(11)23-3/h4-5,8,14,20H,7H2,1-3H3. The van der Waals surface area contributed by atoms with Gasteiger partial charge in [0.2, 0.25) is 0 Å². The molecule has 1 aromatic rings. The summed E-state index contributed by atoms with van der Waals surface area (Å²) in [4.78, 5) is 25.3. The molecule has 0 spiro atoms. The molecule has 0 aromatic heterocycles. The molecule has 7 nitrogen and oxygen atoms in total. The van der Waals surface area contributed by atoms with E-state index in [1.165, 1.54) is 21.1 Å². The molecule has 1 atom stereocenters. The minimum Gasteiger partial charge on any atom is -0.503 e. The van der Waals surface area contributed by atoms with Gasteiger partial charge in [-0.3, -0.25) is 9.59 Å². The van der Waals surface area contributed by atoms with Gasteiger partial charge >= 0.3 is 0 Å². The first-order chi connectivity index (χ1) is 11.0. The monoisotopic (exact) mass is 316 g/mol. The van der Waals surface area contributed by atoms with Crippen LogP contribution >= 0.6 is 0 Å². The first-order valence-electron chi connectivity index (χ1n) is 6.80. The highest BCUT2D eigenvalue weighted by atomic mass is 16.5. The second-order valence-corrected chi connectivity index (χ2v) is 4.92. The van der Waals surface area contributed by atoms with Crippen LogP contribution in [0.1, 0.15) is 18.5 Å². The van der Waals surface area contributed by atoms with Crippen molar-refractivity contribution in [2.24, 2.45) is 0 Å².